The number of thiophene rings is 1. The molecule has 0 aromatic carbocycles. The van der Waals surface area contributed by atoms with Crippen LogP contribution in [0, 0.1) is 6.92 Å². The lowest BCUT2D eigenvalue weighted by Crippen LogP contribution is -2.55. The maximum atomic E-state index is 12.2. The molecule has 3 nitrogen and oxygen atoms in total. The lowest BCUT2D eigenvalue weighted by Gasteiger charge is -2.42. The minimum Gasteiger partial charge on any atom is -0.298 e. The highest BCUT2D eigenvalue weighted by molar-refractivity contribution is 7.14. The minimum absolute atomic E-state index is 0.261. The molecule has 1 aliphatic heterocycles. The number of carbonyl (C=O) groups excluding carboxylic acids is 1. The molecule has 2 rings (SSSR count). The number of Topliss-reactive ketones (excluding diaryl/α,β-unsaturated/α-hetero) is 1. The molecule has 1 aliphatic rings. The van der Waals surface area contributed by atoms with Gasteiger partial charge < -0.3 is 0 Å². The third kappa shape index (κ3) is 2.99. The molecule has 0 N–H and O–H groups in total. The molecule has 0 bridgehead atoms. The largest absolute Gasteiger partial charge is 0.298 e. The molecule has 1 aromatic rings. The average Bonchev–Trinajstić information content (AvgIpc) is 2.72. The summed E-state index contributed by atoms with van der Waals surface area (Å²) in [6.45, 7) is 9.02. The van der Waals surface area contributed by atoms with Gasteiger partial charge in [-0.3, -0.25) is 14.6 Å². The van der Waals surface area contributed by atoms with Crippen molar-refractivity contribution in [3.8, 4) is 0 Å². The topological polar surface area (TPSA) is 23.6 Å². The third-order valence-electron chi connectivity index (χ3n) is 3.82. The van der Waals surface area contributed by atoms with Crippen molar-refractivity contribution in [2.24, 2.45) is 0 Å². The normalized spacial score (nSPS) is 26.4. The van der Waals surface area contributed by atoms with E-state index in [4.69, 9.17) is 0 Å². The lowest BCUT2D eigenvalue weighted by molar-refractivity contribution is 0.0551. The van der Waals surface area contributed by atoms with Gasteiger partial charge in [-0.2, -0.15) is 0 Å². The molecule has 4 heteroatoms. The number of likely N-dealkylation sites (N-methyl/N-ethyl adjacent to an activating group) is 1. The molecule has 2 unspecified atom stereocenters. The predicted molar refractivity (Wildman–Crippen MR) is 76.5 cm³/mol. The first kappa shape index (κ1) is 13.7. The highest BCUT2D eigenvalue weighted by Gasteiger charge is 2.27. The van der Waals surface area contributed by atoms with Gasteiger partial charge >= 0.3 is 0 Å². The van der Waals surface area contributed by atoms with E-state index in [-0.39, 0.29) is 5.78 Å². The average molecular weight is 266 g/mol. The van der Waals surface area contributed by atoms with Crippen molar-refractivity contribution in [3.63, 3.8) is 0 Å². The molecule has 100 valence electrons. The van der Waals surface area contributed by atoms with Crippen LogP contribution < -0.4 is 0 Å². The number of hydrogen-bond donors (Lipinski definition) is 0. The first-order chi connectivity index (χ1) is 8.47. The molecule has 0 saturated carbocycles. The molecule has 1 aromatic heterocycles. The van der Waals surface area contributed by atoms with E-state index in [1.165, 1.54) is 4.88 Å². The molecular weight excluding hydrogens is 244 g/mol. The van der Waals surface area contributed by atoms with E-state index in [2.05, 4.69) is 30.7 Å². The molecule has 18 heavy (non-hydrogen) atoms. The fraction of sp³-hybridized carbons (Fsp3) is 0.643. The maximum Gasteiger partial charge on any atom is 0.186 e. The van der Waals surface area contributed by atoms with E-state index in [1.807, 2.05) is 19.1 Å². The van der Waals surface area contributed by atoms with E-state index in [0.717, 1.165) is 18.0 Å². The Morgan fingerprint density at radius 3 is 2.44 bits per heavy atom. The molecule has 0 radical (unpaired) electrons. The zero-order chi connectivity index (χ0) is 13.3. The lowest BCUT2D eigenvalue weighted by atomic mass is 10.1. The molecule has 2 atom stereocenters. The van der Waals surface area contributed by atoms with E-state index in [9.17, 15) is 4.79 Å². The van der Waals surface area contributed by atoms with Gasteiger partial charge in [0.25, 0.3) is 0 Å². The van der Waals surface area contributed by atoms with Gasteiger partial charge in [-0.1, -0.05) is 0 Å². The number of carbonyl (C=O) groups is 1. The van der Waals surface area contributed by atoms with E-state index >= 15 is 0 Å². The van der Waals surface area contributed by atoms with Crippen LogP contribution in [-0.4, -0.2) is 54.3 Å². The van der Waals surface area contributed by atoms with E-state index < -0.39 is 0 Å². The Morgan fingerprint density at radius 1 is 1.33 bits per heavy atom. The highest BCUT2D eigenvalue weighted by Crippen LogP contribution is 2.18. The van der Waals surface area contributed by atoms with Crippen LogP contribution in [0.15, 0.2) is 12.1 Å². The first-order valence-electron chi connectivity index (χ1n) is 6.51. The molecular formula is C14H22N2OS. The smallest absolute Gasteiger partial charge is 0.186 e. The summed E-state index contributed by atoms with van der Waals surface area (Å²) in [6, 6.07) is 5.01. The second-order valence-electron chi connectivity index (χ2n) is 5.39. The van der Waals surface area contributed by atoms with Crippen molar-refractivity contribution >= 4 is 17.1 Å². The van der Waals surface area contributed by atoms with Crippen molar-refractivity contribution < 1.29 is 4.79 Å². The summed E-state index contributed by atoms with van der Waals surface area (Å²) in [6.07, 6.45) is 0. The van der Waals surface area contributed by atoms with Crippen LogP contribution in [0.4, 0.5) is 0 Å². The number of rotatable bonds is 3. The van der Waals surface area contributed by atoms with Gasteiger partial charge in [0.1, 0.15) is 0 Å². The van der Waals surface area contributed by atoms with Crippen LogP contribution in [0.5, 0.6) is 0 Å². The minimum atomic E-state index is 0.261. The van der Waals surface area contributed by atoms with Crippen LogP contribution in [0.2, 0.25) is 0 Å². The van der Waals surface area contributed by atoms with E-state index in [1.54, 1.807) is 11.3 Å². The molecule has 1 fully saturated rings. The van der Waals surface area contributed by atoms with Crippen LogP contribution in [0.1, 0.15) is 28.4 Å². The maximum absolute atomic E-state index is 12.2. The predicted octanol–water partition coefficient (Wildman–Crippen LogP) is 2.26. The summed E-state index contributed by atoms with van der Waals surface area (Å²) >= 11 is 1.60. The van der Waals surface area contributed by atoms with Crippen molar-refractivity contribution in [2.45, 2.75) is 32.9 Å². The number of hydrogen-bond acceptors (Lipinski definition) is 4. The standard InChI is InChI=1S/C14H22N2OS/c1-10-7-16(8-11(2)15(10)4)9-13(17)14-6-5-12(3)18-14/h5-6,10-11H,7-9H2,1-4H3. The van der Waals surface area contributed by atoms with Gasteiger partial charge in [-0.15, -0.1) is 11.3 Å². The van der Waals surface area contributed by atoms with Crippen molar-refractivity contribution in [1.29, 1.82) is 0 Å². The van der Waals surface area contributed by atoms with Gasteiger partial charge in [0, 0.05) is 30.1 Å². The Balaban J connectivity index is 1.96. The molecule has 2 heterocycles. The Labute approximate surface area is 113 Å². The third-order valence-corrected chi connectivity index (χ3v) is 4.86. The van der Waals surface area contributed by atoms with Crippen molar-refractivity contribution in [3.05, 3.63) is 21.9 Å². The van der Waals surface area contributed by atoms with Gasteiger partial charge in [-0.05, 0) is 40.0 Å². The summed E-state index contributed by atoms with van der Waals surface area (Å²) in [4.78, 5) is 18.9. The zero-order valence-corrected chi connectivity index (χ0v) is 12.5. The molecule has 0 aliphatic carbocycles. The Kier molecular flexibility index (Phi) is 4.20. The van der Waals surface area contributed by atoms with Crippen LogP contribution in [0.25, 0.3) is 0 Å². The second-order valence-corrected chi connectivity index (χ2v) is 6.68. The fourth-order valence-corrected chi connectivity index (χ4v) is 3.31. The fourth-order valence-electron chi connectivity index (χ4n) is 2.51. The highest BCUT2D eigenvalue weighted by atomic mass is 32.1. The Hall–Kier alpha value is -0.710. The van der Waals surface area contributed by atoms with Gasteiger partial charge in [-0.25, -0.2) is 0 Å². The quantitative estimate of drug-likeness (QED) is 0.784. The van der Waals surface area contributed by atoms with Gasteiger partial charge in [0.05, 0.1) is 11.4 Å². The number of aryl methyl sites for hydroxylation is 1. The Bertz CT molecular complexity index is 417. The van der Waals surface area contributed by atoms with Crippen LogP contribution in [-0.2, 0) is 0 Å². The van der Waals surface area contributed by atoms with Crippen LogP contribution >= 0.6 is 11.3 Å². The monoisotopic (exact) mass is 266 g/mol. The SMILES string of the molecule is Cc1ccc(C(=O)CN2CC(C)N(C)C(C)C2)s1. The summed E-state index contributed by atoms with van der Waals surface area (Å²) in [5.41, 5.74) is 0. The zero-order valence-electron chi connectivity index (χ0n) is 11.6. The summed E-state index contributed by atoms with van der Waals surface area (Å²) in [5.74, 6) is 0.261. The number of ketones is 1. The summed E-state index contributed by atoms with van der Waals surface area (Å²) < 4.78 is 0. The van der Waals surface area contributed by atoms with Crippen molar-refractivity contribution in [1.82, 2.24) is 9.80 Å². The Morgan fingerprint density at radius 2 is 1.94 bits per heavy atom. The first-order valence-corrected chi connectivity index (χ1v) is 7.33. The second kappa shape index (κ2) is 5.51. The van der Waals surface area contributed by atoms with Gasteiger partial charge in [0.2, 0.25) is 0 Å². The molecule has 1 saturated heterocycles. The number of nitrogens with zero attached hydrogens (tertiary/aromatic N) is 2. The summed E-state index contributed by atoms with van der Waals surface area (Å²) in [7, 11) is 2.16. The molecule has 0 amide bonds. The van der Waals surface area contributed by atoms with Crippen LogP contribution in [0.3, 0.4) is 0 Å². The van der Waals surface area contributed by atoms with Gasteiger partial charge in [0.15, 0.2) is 5.78 Å². The van der Waals surface area contributed by atoms with Crippen molar-refractivity contribution in [2.75, 3.05) is 26.7 Å². The number of piperazine rings is 1. The van der Waals surface area contributed by atoms with E-state index in [0.29, 0.717) is 18.6 Å². The summed E-state index contributed by atoms with van der Waals surface area (Å²) in [5, 5.41) is 0. The molecule has 0 spiro atoms.